The third-order valence-electron chi connectivity index (χ3n) is 6.65. The number of carbonyl (C=O) groups is 1. The number of aromatic nitrogens is 1. The monoisotopic (exact) mass is 363 g/mol. The fraction of sp³-hybridized carbons (Fsp3) is 0.778. The maximum absolute atomic E-state index is 13.0. The molecule has 7 heteroatoms. The maximum Gasteiger partial charge on any atom is 0.263 e. The van der Waals surface area contributed by atoms with E-state index in [1.807, 2.05) is 0 Å². The van der Waals surface area contributed by atoms with Gasteiger partial charge in [0.2, 0.25) is 0 Å². The van der Waals surface area contributed by atoms with Crippen molar-refractivity contribution in [2.24, 2.45) is 17.8 Å². The van der Waals surface area contributed by atoms with Crippen molar-refractivity contribution in [3.05, 3.63) is 10.6 Å². The summed E-state index contributed by atoms with van der Waals surface area (Å²) < 4.78 is 5.72. The van der Waals surface area contributed by atoms with Crippen molar-refractivity contribution in [3.63, 3.8) is 0 Å². The first-order chi connectivity index (χ1) is 12.0. The van der Waals surface area contributed by atoms with Crippen molar-refractivity contribution >= 4 is 22.4 Å². The van der Waals surface area contributed by atoms with E-state index in [9.17, 15) is 9.90 Å². The number of ether oxygens (including phenoxy) is 1. The van der Waals surface area contributed by atoms with E-state index in [0.717, 1.165) is 51.6 Å². The molecule has 5 aliphatic rings. The molecule has 2 heterocycles. The van der Waals surface area contributed by atoms with Crippen LogP contribution in [0.1, 0.15) is 66.4 Å². The summed E-state index contributed by atoms with van der Waals surface area (Å²) in [5.41, 5.74) is 6.12. The zero-order valence-electron chi connectivity index (χ0n) is 14.2. The Morgan fingerprint density at radius 3 is 2.72 bits per heavy atom. The summed E-state index contributed by atoms with van der Waals surface area (Å²) in [6.07, 6.45) is 6.66. The Morgan fingerprint density at radius 1 is 1.32 bits per heavy atom. The largest absolute Gasteiger partial charge is 0.390 e. The van der Waals surface area contributed by atoms with Gasteiger partial charge in [0, 0.05) is 12.6 Å². The van der Waals surface area contributed by atoms with Gasteiger partial charge in [-0.15, -0.1) is 0 Å². The molecule has 6 nitrogen and oxygen atoms in total. The Hall–Kier alpha value is -1.18. The highest BCUT2D eigenvalue weighted by molar-refractivity contribution is 7.17. The SMILES string of the molecule is Nc1nc([C@H]2CCCO2)c(C(=O)NC2C3CC4CC2CC(O)(C4)C3)s1. The summed E-state index contributed by atoms with van der Waals surface area (Å²) >= 11 is 1.26. The lowest BCUT2D eigenvalue weighted by molar-refractivity contribution is -0.136. The van der Waals surface area contributed by atoms with Gasteiger partial charge in [-0.1, -0.05) is 11.3 Å². The molecule has 25 heavy (non-hydrogen) atoms. The van der Waals surface area contributed by atoms with E-state index >= 15 is 0 Å². The lowest BCUT2D eigenvalue weighted by Gasteiger charge is -2.58. The molecule has 4 N–H and O–H groups in total. The fourth-order valence-electron chi connectivity index (χ4n) is 5.96. The zero-order chi connectivity index (χ0) is 17.2. The number of nitrogens with two attached hydrogens (primary N) is 1. The lowest BCUT2D eigenvalue weighted by Crippen LogP contribution is -2.61. The summed E-state index contributed by atoms with van der Waals surface area (Å²) in [4.78, 5) is 18.0. The number of nitrogens with zero attached hydrogens (tertiary/aromatic N) is 1. The van der Waals surface area contributed by atoms with Crippen LogP contribution in [0, 0.1) is 17.8 Å². The van der Waals surface area contributed by atoms with E-state index in [2.05, 4.69) is 10.3 Å². The number of nitrogens with one attached hydrogen (secondary N) is 1. The van der Waals surface area contributed by atoms with E-state index < -0.39 is 5.60 Å². The standard InChI is InChI=1S/C18H25N3O3S/c19-17-21-14(12-2-1-3-24-12)15(25-17)16(22)20-13-10-4-9-5-11(13)8-18(23,6-9)7-10/h9-13,23H,1-8H2,(H2,19,21)(H,20,22)/t9?,10?,11?,12-,13?,18?/m1/s1. The van der Waals surface area contributed by atoms with Gasteiger partial charge in [-0.05, 0) is 62.7 Å². The van der Waals surface area contributed by atoms with Gasteiger partial charge in [0.25, 0.3) is 5.91 Å². The highest BCUT2D eigenvalue weighted by Gasteiger charge is 2.55. The van der Waals surface area contributed by atoms with Crippen LogP contribution in [0.15, 0.2) is 0 Å². The minimum Gasteiger partial charge on any atom is -0.390 e. The van der Waals surface area contributed by atoms with E-state index in [-0.39, 0.29) is 18.1 Å². The molecule has 4 bridgehead atoms. The number of hydrogen-bond donors (Lipinski definition) is 3. The van der Waals surface area contributed by atoms with Gasteiger partial charge in [0.1, 0.15) is 11.0 Å². The number of aliphatic hydroxyl groups is 1. The normalized spacial score (nSPS) is 42.0. The van der Waals surface area contributed by atoms with Crippen molar-refractivity contribution < 1.29 is 14.6 Å². The van der Waals surface area contributed by atoms with Crippen LogP contribution in [0.5, 0.6) is 0 Å². The van der Waals surface area contributed by atoms with Crippen LogP contribution in [0.4, 0.5) is 5.13 Å². The molecule has 0 radical (unpaired) electrons. The second kappa shape index (κ2) is 5.66. The van der Waals surface area contributed by atoms with Crippen molar-refractivity contribution in [3.8, 4) is 0 Å². The second-order valence-electron chi connectivity index (χ2n) is 8.46. The van der Waals surface area contributed by atoms with Gasteiger partial charge >= 0.3 is 0 Å². The lowest BCUT2D eigenvalue weighted by atomic mass is 9.52. The molecule has 4 aliphatic carbocycles. The number of rotatable bonds is 3. The van der Waals surface area contributed by atoms with E-state index in [1.54, 1.807) is 0 Å². The molecule has 0 spiro atoms. The minimum atomic E-state index is -0.477. The van der Waals surface area contributed by atoms with Gasteiger partial charge in [-0.3, -0.25) is 4.79 Å². The summed E-state index contributed by atoms with van der Waals surface area (Å²) in [5, 5.41) is 14.4. The van der Waals surface area contributed by atoms with Crippen LogP contribution in [0.25, 0.3) is 0 Å². The number of hydrogen-bond acceptors (Lipinski definition) is 6. The molecule has 6 rings (SSSR count). The molecule has 1 amide bonds. The second-order valence-corrected chi connectivity index (χ2v) is 9.49. The van der Waals surface area contributed by atoms with Crippen molar-refractivity contribution in [2.75, 3.05) is 12.3 Å². The fourth-order valence-corrected chi connectivity index (χ4v) is 6.74. The first-order valence-corrected chi connectivity index (χ1v) is 10.2. The number of nitrogen functional groups attached to an aromatic ring is 1. The summed E-state index contributed by atoms with van der Waals surface area (Å²) in [6.45, 7) is 0.718. The number of thiazole rings is 1. The van der Waals surface area contributed by atoms with Crippen molar-refractivity contribution in [1.82, 2.24) is 10.3 Å². The number of anilines is 1. The summed E-state index contributed by atoms with van der Waals surface area (Å²) in [5.74, 6) is 1.37. The Bertz CT molecular complexity index is 684. The van der Waals surface area contributed by atoms with Gasteiger partial charge in [0.05, 0.1) is 11.3 Å². The summed E-state index contributed by atoms with van der Waals surface area (Å²) in [7, 11) is 0. The zero-order valence-corrected chi connectivity index (χ0v) is 15.1. The topological polar surface area (TPSA) is 97.5 Å². The Labute approximate surface area is 151 Å². The van der Waals surface area contributed by atoms with Crippen molar-refractivity contribution in [2.45, 2.75) is 62.7 Å². The molecular weight excluding hydrogens is 338 g/mol. The Balaban J connectivity index is 1.36. The third kappa shape index (κ3) is 2.67. The molecule has 5 fully saturated rings. The molecule has 2 unspecified atom stereocenters. The molecule has 1 aromatic heterocycles. The van der Waals surface area contributed by atoms with Gasteiger partial charge in [0.15, 0.2) is 5.13 Å². The molecule has 136 valence electrons. The van der Waals surface area contributed by atoms with E-state index in [4.69, 9.17) is 10.5 Å². The summed E-state index contributed by atoms with van der Waals surface area (Å²) in [6, 6.07) is 0.171. The minimum absolute atomic E-state index is 0.0656. The maximum atomic E-state index is 13.0. The molecule has 4 saturated carbocycles. The van der Waals surface area contributed by atoms with Crippen molar-refractivity contribution in [1.29, 1.82) is 0 Å². The molecule has 1 aliphatic heterocycles. The van der Waals surface area contributed by atoms with E-state index in [1.165, 1.54) is 11.3 Å². The van der Waals surface area contributed by atoms with Crippen LogP contribution < -0.4 is 11.1 Å². The number of carbonyl (C=O) groups excluding carboxylic acids is 1. The van der Waals surface area contributed by atoms with Crippen LogP contribution in [0.3, 0.4) is 0 Å². The first-order valence-electron chi connectivity index (χ1n) is 9.42. The smallest absolute Gasteiger partial charge is 0.263 e. The van der Waals surface area contributed by atoms with Crippen LogP contribution >= 0.6 is 11.3 Å². The predicted octanol–water partition coefficient (Wildman–Crippen LogP) is 2.25. The quantitative estimate of drug-likeness (QED) is 0.765. The van der Waals surface area contributed by atoms with Crippen LogP contribution in [-0.4, -0.2) is 34.2 Å². The molecule has 1 saturated heterocycles. The molecular formula is C18H25N3O3S. The third-order valence-corrected chi connectivity index (χ3v) is 7.55. The predicted molar refractivity (Wildman–Crippen MR) is 94.2 cm³/mol. The van der Waals surface area contributed by atoms with Crippen LogP contribution in [-0.2, 0) is 4.74 Å². The average molecular weight is 363 g/mol. The molecule has 1 aromatic rings. The average Bonchev–Trinajstić information content (AvgIpc) is 3.18. The van der Waals surface area contributed by atoms with E-state index in [0.29, 0.717) is 33.5 Å². The van der Waals surface area contributed by atoms with Gasteiger partial charge in [-0.25, -0.2) is 4.98 Å². The Kier molecular flexibility index (Phi) is 3.63. The first kappa shape index (κ1) is 16.0. The molecule has 3 atom stereocenters. The van der Waals surface area contributed by atoms with Gasteiger partial charge < -0.3 is 20.9 Å². The van der Waals surface area contributed by atoms with Gasteiger partial charge in [-0.2, -0.15) is 0 Å². The van der Waals surface area contributed by atoms with Crippen LogP contribution in [0.2, 0.25) is 0 Å². The highest BCUT2D eigenvalue weighted by atomic mass is 32.1. The highest BCUT2D eigenvalue weighted by Crippen LogP contribution is 2.55. The number of amides is 1. The Morgan fingerprint density at radius 2 is 2.08 bits per heavy atom. The molecule has 0 aromatic carbocycles.